The van der Waals surface area contributed by atoms with Crippen molar-refractivity contribution >= 4 is 46.7 Å². The number of benzene rings is 2. The lowest BCUT2D eigenvalue weighted by Crippen LogP contribution is -2.32. The minimum absolute atomic E-state index is 0.00167. The molecular formula is C55H66F12N16O2. The van der Waals surface area contributed by atoms with Crippen molar-refractivity contribution in [3.05, 3.63) is 105 Å². The maximum Gasteiger partial charge on any atom is 0.416 e. The number of pyridine rings is 2. The third-order valence-electron chi connectivity index (χ3n) is 14.6. The molecule has 30 heteroatoms. The maximum atomic E-state index is 13.6. The predicted octanol–water partition coefficient (Wildman–Crippen LogP) is 11.7. The lowest BCUT2D eigenvalue weighted by Gasteiger charge is -2.30. The molecule has 4 heterocycles. The molecule has 0 atom stereocenters. The van der Waals surface area contributed by atoms with E-state index in [1.807, 2.05) is 13.8 Å². The summed E-state index contributed by atoms with van der Waals surface area (Å²) in [7, 11) is 4.57. The van der Waals surface area contributed by atoms with Crippen molar-refractivity contribution in [1.82, 2.24) is 50.4 Å². The van der Waals surface area contributed by atoms with E-state index in [4.69, 9.17) is 4.98 Å². The Labute approximate surface area is 482 Å². The standard InChI is InChI=1S/C28H34F6N8O.C27H32F6N8O/c1-5-41(15-19-8-6-7-9-19)25-21(12-24(14-35-25)39(3)18(2)43)17-42(26-36-38-40(4)37-26)16-20-10-22(27(29,30)31)13-23(11-20)28(32,33)34;1-4-40(14-18-7-5-6-8-18)24-20(11-23(13-34-24)35-17(2)42)16-41(25-36-38-39(3)37-25)15-19-9-21(26(28,29)30)12-22(10-19)27(31,32)33/h10-14,19H,5-9,15-17H2,1-4H3;9-13,18H,4-8,14-16H2,1-3H3,(H,35,42). The quantitative estimate of drug-likeness (QED) is 0.0715. The second-order valence-corrected chi connectivity index (χ2v) is 21.2. The van der Waals surface area contributed by atoms with Crippen molar-refractivity contribution < 1.29 is 62.3 Å². The fourth-order valence-corrected chi connectivity index (χ4v) is 10.4. The van der Waals surface area contributed by atoms with Crippen LogP contribution in [0, 0.1) is 11.8 Å². The Morgan fingerprint density at radius 2 is 0.918 bits per heavy atom. The summed E-state index contributed by atoms with van der Waals surface area (Å²) < 4.78 is 163. The first-order valence-electron chi connectivity index (χ1n) is 27.4. The van der Waals surface area contributed by atoms with Crippen molar-refractivity contribution in [2.45, 2.75) is 130 Å². The molecule has 2 aliphatic rings. The number of aryl methyl sites for hydroxylation is 2. The van der Waals surface area contributed by atoms with E-state index in [9.17, 15) is 62.3 Å². The first kappa shape index (κ1) is 64.7. The van der Waals surface area contributed by atoms with Gasteiger partial charge in [0, 0.05) is 71.3 Å². The zero-order valence-corrected chi connectivity index (χ0v) is 47.8. The number of hydrogen-bond donors (Lipinski definition) is 1. The van der Waals surface area contributed by atoms with E-state index in [1.54, 1.807) is 25.4 Å². The number of rotatable bonds is 20. The van der Waals surface area contributed by atoms with Gasteiger partial charge in [0.1, 0.15) is 11.6 Å². The number of hydrogen-bond acceptors (Lipinski definition) is 14. The second kappa shape index (κ2) is 27.0. The third-order valence-corrected chi connectivity index (χ3v) is 14.6. The van der Waals surface area contributed by atoms with Crippen LogP contribution in [-0.2, 0) is 74.6 Å². The molecule has 462 valence electrons. The summed E-state index contributed by atoms with van der Waals surface area (Å²) in [6, 6.07) is 6.38. The van der Waals surface area contributed by atoms with E-state index in [1.165, 1.54) is 48.8 Å². The Bertz CT molecular complexity index is 3160. The number of carbonyl (C=O) groups is 2. The minimum atomic E-state index is -4.99. The van der Waals surface area contributed by atoms with Gasteiger partial charge in [0.05, 0.1) is 73.2 Å². The highest BCUT2D eigenvalue weighted by molar-refractivity contribution is 5.91. The van der Waals surface area contributed by atoms with Crippen LogP contribution in [0.15, 0.2) is 60.9 Å². The Morgan fingerprint density at radius 3 is 1.25 bits per heavy atom. The van der Waals surface area contributed by atoms with E-state index in [2.05, 4.69) is 50.9 Å². The van der Waals surface area contributed by atoms with Gasteiger partial charge in [0.15, 0.2) is 0 Å². The Hall–Kier alpha value is -7.82. The van der Waals surface area contributed by atoms with Crippen LogP contribution in [0.3, 0.4) is 0 Å². The van der Waals surface area contributed by atoms with Crippen molar-refractivity contribution in [2.24, 2.45) is 25.9 Å². The maximum absolute atomic E-state index is 13.6. The third kappa shape index (κ3) is 17.6. The number of alkyl halides is 12. The average Bonchev–Trinajstić information content (AvgIpc) is 3.69. The van der Waals surface area contributed by atoms with E-state index in [-0.39, 0.29) is 66.6 Å². The molecule has 2 amide bonds. The first-order valence-corrected chi connectivity index (χ1v) is 27.4. The SMILES string of the molecule is CCN(CC1CCCC1)c1ncc(N(C)C(C)=O)cc1CN(Cc1cc(C(F)(F)F)cc(C(F)(F)F)c1)c1nnn(C)n1.CCN(CC1CCCC1)c1ncc(NC(C)=O)cc1CN(Cc1cc(C(F)(F)F)cc(C(F)(F)F)c1)c1nnn(C)n1. The van der Waals surface area contributed by atoms with Crippen LogP contribution in [0.25, 0.3) is 0 Å². The molecule has 0 bridgehead atoms. The summed E-state index contributed by atoms with van der Waals surface area (Å²) in [6.07, 6.45) is -7.93. The molecule has 2 aromatic carbocycles. The zero-order chi connectivity index (χ0) is 62.2. The molecule has 6 aromatic rings. The van der Waals surface area contributed by atoms with Crippen molar-refractivity contribution in [2.75, 3.05) is 63.0 Å². The summed E-state index contributed by atoms with van der Waals surface area (Å²) in [5.74, 6) is 1.56. The summed E-state index contributed by atoms with van der Waals surface area (Å²) in [5, 5.41) is 26.6. The number of anilines is 6. The summed E-state index contributed by atoms with van der Waals surface area (Å²) in [4.78, 5) is 44.0. The van der Waals surface area contributed by atoms with Crippen LogP contribution < -0.4 is 29.8 Å². The largest absolute Gasteiger partial charge is 0.416 e. The van der Waals surface area contributed by atoms with Gasteiger partial charge in [0.25, 0.3) is 11.9 Å². The number of halogens is 12. The highest BCUT2D eigenvalue weighted by Gasteiger charge is 2.39. The molecular weight excluding hydrogens is 1140 g/mol. The van der Waals surface area contributed by atoms with Crippen LogP contribution >= 0.6 is 0 Å². The summed E-state index contributed by atoms with van der Waals surface area (Å²) in [6.45, 7) is 8.55. The molecule has 0 saturated heterocycles. The monoisotopic (exact) mass is 1210 g/mol. The van der Waals surface area contributed by atoms with Crippen LogP contribution in [0.1, 0.15) is 124 Å². The summed E-state index contributed by atoms with van der Waals surface area (Å²) >= 11 is 0. The second-order valence-electron chi connectivity index (χ2n) is 21.2. The normalized spacial score (nSPS) is 14.3. The zero-order valence-electron chi connectivity index (χ0n) is 47.8. The predicted molar refractivity (Wildman–Crippen MR) is 292 cm³/mol. The topological polar surface area (TPSA) is 175 Å². The molecule has 1 N–H and O–H groups in total. The Balaban J connectivity index is 0.000000244. The molecule has 0 aliphatic heterocycles. The smallest absolute Gasteiger partial charge is 0.356 e. The van der Waals surface area contributed by atoms with E-state index in [0.29, 0.717) is 83.3 Å². The van der Waals surface area contributed by atoms with Gasteiger partial charge in [0.2, 0.25) is 11.8 Å². The molecule has 2 fully saturated rings. The number of aromatic nitrogens is 10. The fourth-order valence-electron chi connectivity index (χ4n) is 10.4. The number of nitrogens with zero attached hydrogens (tertiary/aromatic N) is 15. The van der Waals surface area contributed by atoms with Gasteiger partial charge in [-0.05, 0) is 121 Å². The van der Waals surface area contributed by atoms with Gasteiger partial charge in [-0.15, -0.1) is 10.2 Å². The molecule has 8 rings (SSSR count). The molecule has 2 saturated carbocycles. The van der Waals surface area contributed by atoms with Crippen LogP contribution in [0.4, 0.5) is 87.6 Å². The van der Waals surface area contributed by atoms with Gasteiger partial charge in [-0.25, -0.2) is 9.97 Å². The number of tetrazole rings is 2. The molecule has 0 unspecified atom stereocenters. The van der Waals surface area contributed by atoms with Gasteiger partial charge < -0.3 is 29.8 Å². The first-order chi connectivity index (χ1) is 39.9. The molecule has 85 heavy (non-hydrogen) atoms. The van der Waals surface area contributed by atoms with E-state index < -0.39 is 53.5 Å². The Morgan fingerprint density at radius 1 is 0.541 bits per heavy atom. The van der Waals surface area contributed by atoms with Crippen molar-refractivity contribution in [3.63, 3.8) is 0 Å². The lowest BCUT2D eigenvalue weighted by molar-refractivity contribution is -0.144. The van der Waals surface area contributed by atoms with Crippen LogP contribution in [0.2, 0.25) is 0 Å². The summed E-state index contributed by atoms with van der Waals surface area (Å²) in [5.41, 5.74) is -4.08. The number of carbonyl (C=O) groups excluding carboxylic acids is 2. The molecule has 0 spiro atoms. The van der Waals surface area contributed by atoms with Crippen LogP contribution in [0.5, 0.6) is 0 Å². The average molecular weight is 1210 g/mol. The fraction of sp³-hybridized carbons (Fsp3) is 0.527. The molecule has 2 aliphatic carbocycles. The van der Waals surface area contributed by atoms with Gasteiger partial charge >= 0.3 is 24.7 Å². The highest BCUT2D eigenvalue weighted by Crippen LogP contribution is 2.40. The van der Waals surface area contributed by atoms with Gasteiger partial charge in [-0.1, -0.05) is 35.9 Å². The van der Waals surface area contributed by atoms with Gasteiger partial charge in [-0.2, -0.15) is 62.3 Å². The Kier molecular flexibility index (Phi) is 20.6. The number of amides is 2. The van der Waals surface area contributed by atoms with E-state index >= 15 is 0 Å². The van der Waals surface area contributed by atoms with Gasteiger partial charge in [-0.3, -0.25) is 9.59 Å². The van der Waals surface area contributed by atoms with Crippen LogP contribution in [-0.4, -0.2) is 95.4 Å². The highest BCUT2D eigenvalue weighted by atomic mass is 19.4. The number of nitrogens with one attached hydrogen (secondary N) is 1. The van der Waals surface area contributed by atoms with E-state index in [0.717, 1.165) is 74.0 Å². The minimum Gasteiger partial charge on any atom is -0.356 e. The molecule has 4 aromatic heterocycles. The lowest BCUT2D eigenvalue weighted by atomic mass is 10.0. The van der Waals surface area contributed by atoms with Crippen molar-refractivity contribution in [1.29, 1.82) is 0 Å². The van der Waals surface area contributed by atoms with Crippen molar-refractivity contribution in [3.8, 4) is 0 Å². The molecule has 18 nitrogen and oxygen atoms in total. The molecule has 0 radical (unpaired) electrons.